The van der Waals surface area contributed by atoms with Gasteiger partial charge in [0.1, 0.15) is 11.5 Å². The topological polar surface area (TPSA) is 94.6 Å². The van der Waals surface area contributed by atoms with Crippen LogP contribution in [0.3, 0.4) is 0 Å². The van der Waals surface area contributed by atoms with Crippen molar-refractivity contribution >= 4 is 11.9 Å². The summed E-state index contributed by atoms with van der Waals surface area (Å²) in [6.45, 7) is 0. The second-order valence-electron chi connectivity index (χ2n) is 3.80. The number of hydrogen-bond donors (Lipinski definition) is 3. The van der Waals surface area contributed by atoms with Crippen LogP contribution in [-0.2, 0) is 0 Å². The highest BCUT2D eigenvalue weighted by Gasteiger charge is 2.13. The molecule has 0 aliphatic rings. The van der Waals surface area contributed by atoms with Crippen LogP contribution in [0.2, 0.25) is 0 Å². The van der Waals surface area contributed by atoms with Crippen molar-refractivity contribution in [3.63, 3.8) is 0 Å². The minimum absolute atomic E-state index is 0.0940. The molecule has 0 unspecified atom stereocenters. The highest BCUT2D eigenvalue weighted by atomic mass is 16.5. The molecule has 2 rings (SSSR count). The van der Waals surface area contributed by atoms with E-state index in [9.17, 15) is 5.11 Å². The molecule has 2 aromatic rings. The number of nitrogens with zero attached hydrogens (tertiary/aromatic N) is 2. The first-order valence-corrected chi connectivity index (χ1v) is 5.71. The van der Waals surface area contributed by atoms with E-state index in [1.165, 1.54) is 6.07 Å². The molecule has 0 atom stereocenters. The molecule has 0 bridgehead atoms. The molecule has 6 nitrogen and oxygen atoms in total. The van der Waals surface area contributed by atoms with Crippen molar-refractivity contribution in [2.45, 2.75) is 0 Å². The molecule has 2 aromatic carbocycles. The van der Waals surface area contributed by atoms with Crippen LogP contribution in [0, 0.1) is 0 Å². The van der Waals surface area contributed by atoms with Gasteiger partial charge in [-0.15, -0.1) is 0 Å². The van der Waals surface area contributed by atoms with Crippen LogP contribution in [0.25, 0.3) is 0 Å². The normalized spacial score (nSPS) is 11.7. The van der Waals surface area contributed by atoms with Gasteiger partial charge in [-0.25, -0.2) is 0 Å². The van der Waals surface area contributed by atoms with Gasteiger partial charge in [-0.2, -0.15) is 0 Å². The lowest BCUT2D eigenvalue weighted by Crippen LogP contribution is -2.03. The minimum atomic E-state index is -0.218. The van der Waals surface area contributed by atoms with E-state index in [-0.39, 0.29) is 22.8 Å². The summed E-state index contributed by atoms with van der Waals surface area (Å²) >= 11 is 0. The molecule has 0 aliphatic carbocycles. The molecule has 3 N–H and O–H groups in total. The fourth-order valence-electron chi connectivity index (χ4n) is 1.63. The summed E-state index contributed by atoms with van der Waals surface area (Å²) in [5, 5.41) is 33.2. The number of benzene rings is 2. The Morgan fingerprint density at radius 1 is 1.00 bits per heavy atom. The number of para-hydroxylation sites is 2. The fraction of sp³-hybridized carbons (Fsp3) is 0. The predicted molar refractivity (Wildman–Crippen MR) is 73.2 cm³/mol. The van der Waals surface area contributed by atoms with E-state index in [0.29, 0.717) is 5.75 Å². The Labute approximate surface area is 114 Å². The van der Waals surface area contributed by atoms with Crippen molar-refractivity contribution in [2.24, 2.45) is 10.3 Å². The summed E-state index contributed by atoms with van der Waals surface area (Å²) in [4.78, 5) is 0. The average molecular weight is 272 g/mol. The van der Waals surface area contributed by atoms with Gasteiger partial charge in [0.2, 0.25) is 0 Å². The molecule has 0 aromatic heterocycles. The maximum atomic E-state index is 10.1. The third-order valence-electron chi connectivity index (χ3n) is 2.53. The zero-order valence-corrected chi connectivity index (χ0v) is 10.3. The van der Waals surface area contributed by atoms with Gasteiger partial charge >= 0.3 is 0 Å². The van der Waals surface area contributed by atoms with Crippen molar-refractivity contribution in [3.8, 4) is 17.2 Å². The monoisotopic (exact) mass is 272 g/mol. The van der Waals surface area contributed by atoms with Crippen molar-refractivity contribution in [3.05, 3.63) is 54.1 Å². The van der Waals surface area contributed by atoms with E-state index in [1.807, 2.05) is 6.07 Å². The highest BCUT2D eigenvalue weighted by Crippen LogP contribution is 2.33. The van der Waals surface area contributed by atoms with Crippen LogP contribution >= 0.6 is 0 Å². The van der Waals surface area contributed by atoms with Crippen LogP contribution < -0.4 is 4.74 Å². The second-order valence-corrected chi connectivity index (χ2v) is 3.80. The smallest absolute Gasteiger partial charge is 0.169 e. The first-order chi connectivity index (χ1) is 9.76. The number of hydrogen-bond acceptors (Lipinski definition) is 6. The standard InChI is InChI=1S/C14H12N2O4/c17-14-11(12(16-19)9-15-18)7-4-8-13(14)20-10-5-2-1-3-6-10/h1-9,17-19H. The third kappa shape index (κ3) is 2.86. The van der Waals surface area contributed by atoms with Crippen molar-refractivity contribution < 1.29 is 20.3 Å². The van der Waals surface area contributed by atoms with Crippen molar-refractivity contribution in [1.82, 2.24) is 0 Å². The van der Waals surface area contributed by atoms with Gasteiger partial charge in [-0.1, -0.05) is 34.6 Å². The quantitative estimate of drug-likeness (QED) is 0.453. The average Bonchev–Trinajstić information content (AvgIpc) is 2.48. The van der Waals surface area contributed by atoms with Gasteiger partial charge in [-0.05, 0) is 24.3 Å². The van der Waals surface area contributed by atoms with E-state index >= 15 is 0 Å². The molecule has 0 saturated heterocycles. The summed E-state index contributed by atoms with van der Waals surface area (Å²) in [6.07, 6.45) is 0.904. The Kier molecular flexibility index (Phi) is 4.18. The lowest BCUT2D eigenvalue weighted by atomic mass is 10.1. The number of oxime groups is 2. The number of phenols is 1. The summed E-state index contributed by atoms with van der Waals surface area (Å²) in [6, 6.07) is 13.6. The first kappa shape index (κ1) is 13.4. The summed E-state index contributed by atoms with van der Waals surface area (Å²) in [5.74, 6) is 0.531. The third-order valence-corrected chi connectivity index (χ3v) is 2.53. The molecule has 0 fully saturated rings. The van der Waals surface area contributed by atoms with Gasteiger partial charge in [0.15, 0.2) is 11.5 Å². The molecule has 0 aliphatic heterocycles. The summed E-state index contributed by atoms with van der Waals surface area (Å²) in [7, 11) is 0. The Hall–Kier alpha value is -3.02. The van der Waals surface area contributed by atoms with Crippen molar-refractivity contribution in [2.75, 3.05) is 0 Å². The van der Waals surface area contributed by atoms with Crippen molar-refractivity contribution in [1.29, 1.82) is 0 Å². The fourth-order valence-corrected chi connectivity index (χ4v) is 1.63. The predicted octanol–water partition coefficient (Wildman–Crippen LogP) is 2.82. The summed E-state index contributed by atoms with van der Waals surface area (Å²) in [5.41, 5.74) is 0.0854. The summed E-state index contributed by atoms with van der Waals surface area (Å²) < 4.78 is 5.53. The zero-order valence-electron chi connectivity index (χ0n) is 10.3. The van der Waals surface area contributed by atoms with Gasteiger partial charge < -0.3 is 20.3 Å². The van der Waals surface area contributed by atoms with Crippen LogP contribution in [0.15, 0.2) is 58.8 Å². The van der Waals surface area contributed by atoms with E-state index in [0.717, 1.165) is 6.21 Å². The molecule has 20 heavy (non-hydrogen) atoms. The van der Waals surface area contributed by atoms with Crippen LogP contribution in [0.4, 0.5) is 0 Å². The Balaban J connectivity index is 2.37. The molecule has 0 heterocycles. The largest absolute Gasteiger partial charge is 0.504 e. The van der Waals surface area contributed by atoms with Crippen LogP contribution in [0.5, 0.6) is 17.2 Å². The van der Waals surface area contributed by atoms with E-state index in [4.69, 9.17) is 15.2 Å². The molecule has 0 amide bonds. The molecule has 0 radical (unpaired) electrons. The Morgan fingerprint density at radius 2 is 1.75 bits per heavy atom. The lowest BCUT2D eigenvalue weighted by Gasteiger charge is -2.10. The molecular weight excluding hydrogens is 260 g/mol. The van der Waals surface area contributed by atoms with E-state index < -0.39 is 0 Å². The molecule has 0 spiro atoms. The number of aromatic hydroxyl groups is 1. The number of phenolic OH excluding ortho intramolecular Hbond substituents is 1. The zero-order chi connectivity index (χ0) is 14.4. The van der Waals surface area contributed by atoms with Gasteiger partial charge in [-0.3, -0.25) is 0 Å². The van der Waals surface area contributed by atoms with E-state index in [1.54, 1.807) is 36.4 Å². The minimum Gasteiger partial charge on any atom is -0.504 e. The van der Waals surface area contributed by atoms with Gasteiger partial charge in [0.05, 0.1) is 11.8 Å². The maximum absolute atomic E-state index is 10.1. The molecular formula is C14H12N2O4. The number of rotatable bonds is 4. The number of ether oxygens (including phenoxy) is 1. The second kappa shape index (κ2) is 6.24. The Morgan fingerprint density at radius 3 is 2.40 bits per heavy atom. The van der Waals surface area contributed by atoms with E-state index in [2.05, 4.69) is 10.3 Å². The molecule has 102 valence electrons. The van der Waals surface area contributed by atoms with Crippen LogP contribution in [0.1, 0.15) is 5.56 Å². The molecule has 6 heteroatoms. The van der Waals surface area contributed by atoms with Crippen LogP contribution in [-0.4, -0.2) is 27.4 Å². The molecule has 0 saturated carbocycles. The lowest BCUT2D eigenvalue weighted by molar-refractivity contribution is 0.315. The Bertz CT molecular complexity index is 639. The highest BCUT2D eigenvalue weighted by molar-refractivity contribution is 6.38. The van der Waals surface area contributed by atoms with Gasteiger partial charge in [0.25, 0.3) is 0 Å². The first-order valence-electron chi connectivity index (χ1n) is 5.71. The maximum Gasteiger partial charge on any atom is 0.169 e. The van der Waals surface area contributed by atoms with Gasteiger partial charge in [0, 0.05) is 0 Å². The SMILES string of the molecule is ON=CC(=NO)c1cccc(Oc2ccccc2)c1O.